The van der Waals surface area contributed by atoms with Crippen LogP contribution in [0.5, 0.6) is 0 Å². The van der Waals surface area contributed by atoms with Crippen molar-refractivity contribution in [2.24, 2.45) is 0 Å². The van der Waals surface area contributed by atoms with E-state index in [1.165, 1.54) is 6.07 Å². The van der Waals surface area contributed by atoms with Crippen molar-refractivity contribution in [2.75, 3.05) is 17.3 Å². The van der Waals surface area contributed by atoms with Gasteiger partial charge >= 0.3 is 0 Å². The lowest BCUT2D eigenvalue weighted by molar-refractivity contribution is -0.118. The van der Waals surface area contributed by atoms with Crippen LogP contribution in [0.2, 0.25) is 0 Å². The second-order valence-corrected chi connectivity index (χ2v) is 5.77. The van der Waals surface area contributed by atoms with Gasteiger partial charge in [0, 0.05) is 30.9 Å². The Morgan fingerprint density at radius 2 is 1.92 bits per heavy atom. The van der Waals surface area contributed by atoms with Crippen LogP contribution in [0.4, 0.5) is 20.2 Å². The van der Waals surface area contributed by atoms with Crippen LogP contribution in [-0.4, -0.2) is 18.9 Å². The molecule has 4 nitrogen and oxygen atoms in total. The van der Waals surface area contributed by atoms with Gasteiger partial charge in [0.2, 0.25) is 11.8 Å². The molecular formula is C18H16F2N2O2. The van der Waals surface area contributed by atoms with Crippen LogP contribution in [0.3, 0.4) is 0 Å². The second kappa shape index (κ2) is 6.39. The summed E-state index contributed by atoms with van der Waals surface area (Å²) in [7, 11) is 1.73. The molecular weight excluding hydrogens is 314 g/mol. The van der Waals surface area contributed by atoms with Gasteiger partial charge in [-0.05, 0) is 35.7 Å². The number of hydrogen-bond donors (Lipinski definition) is 1. The first-order valence-corrected chi connectivity index (χ1v) is 7.57. The average Bonchev–Trinajstić information content (AvgIpc) is 2.54. The third-order valence-corrected chi connectivity index (χ3v) is 4.06. The van der Waals surface area contributed by atoms with Gasteiger partial charge in [0.15, 0.2) is 11.6 Å². The van der Waals surface area contributed by atoms with Crippen molar-refractivity contribution in [3.63, 3.8) is 0 Å². The summed E-state index contributed by atoms with van der Waals surface area (Å²) in [6.07, 6.45) is 1.22. The minimum atomic E-state index is -1.01. The second-order valence-electron chi connectivity index (χ2n) is 5.77. The molecule has 1 aliphatic rings. The van der Waals surface area contributed by atoms with Gasteiger partial charge in [0.05, 0.1) is 6.42 Å². The Balaban J connectivity index is 1.71. The van der Waals surface area contributed by atoms with Crippen LogP contribution in [0.25, 0.3) is 0 Å². The fourth-order valence-electron chi connectivity index (χ4n) is 2.78. The third kappa shape index (κ3) is 3.27. The number of fused-ring (bicyclic) bond motifs is 1. The molecule has 24 heavy (non-hydrogen) atoms. The first kappa shape index (κ1) is 16.1. The number of carbonyl (C=O) groups excluding carboxylic acids is 2. The summed E-state index contributed by atoms with van der Waals surface area (Å²) in [6.45, 7) is 0. The largest absolute Gasteiger partial charge is 0.326 e. The smallest absolute Gasteiger partial charge is 0.228 e. The fraction of sp³-hybridized carbons (Fsp3) is 0.222. The summed E-state index contributed by atoms with van der Waals surface area (Å²) in [5.41, 5.74) is 2.89. The Labute approximate surface area is 138 Å². The number of amides is 2. The number of hydrogen-bond acceptors (Lipinski definition) is 2. The zero-order chi connectivity index (χ0) is 17.3. The van der Waals surface area contributed by atoms with E-state index in [-0.39, 0.29) is 23.9 Å². The van der Waals surface area contributed by atoms with Gasteiger partial charge in [0.25, 0.3) is 0 Å². The number of rotatable bonds is 3. The SMILES string of the molecule is CN1C(=O)CCc2cc(CC(=O)Nc3ccc(F)c(F)c3)ccc21. The van der Waals surface area contributed by atoms with Crippen molar-refractivity contribution in [3.05, 3.63) is 59.2 Å². The zero-order valence-corrected chi connectivity index (χ0v) is 13.1. The average molecular weight is 330 g/mol. The van der Waals surface area contributed by atoms with Crippen LogP contribution < -0.4 is 10.2 Å². The number of nitrogens with zero attached hydrogens (tertiary/aromatic N) is 1. The van der Waals surface area contributed by atoms with E-state index in [0.29, 0.717) is 12.8 Å². The molecule has 0 bridgehead atoms. The van der Waals surface area contributed by atoms with Crippen LogP contribution in [0.15, 0.2) is 36.4 Å². The lowest BCUT2D eigenvalue weighted by Crippen LogP contribution is -2.31. The normalized spacial score (nSPS) is 13.6. The van der Waals surface area contributed by atoms with Crippen molar-refractivity contribution in [1.82, 2.24) is 0 Å². The van der Waals surface area contributed by atoms with Crippen molar-refractivity contribution in [2.45, 2.75) is 19.3 Å². The molecule has 1 N–H and O–H groups in total. The predicted molar refractivity (Wildman–Crippen MR) is 86.9 cm³/mol. The highest BCUT2D eigenvalue weighted by molar-refractivity contribution is 5.96. The van der Waals surface area contributed by atoms with Gasteiger partial charge in [-0.25, -0.2) is 8.78 Å². The number of aryl methyl sites for hydroxylation is 1. The van der Waals surface area contributed by atoms with Gasteiger partial charge in [0.1, 0.15) is 0 Å². The van der Waals surface area contributed by atoms with E-state index in [4.69, 9.17) is 0 Å². The molecule has 0 saturated heterocycles. The van der Waals surface area contributed by atoms with E-state index in [9.17, 15) is 18.4 Å². The molecule has 0 radical (unpaired) electrons. The van der Waals surface area contributed by atoms with Gasteiger partial charge < -0.3 is 10.2 Å². The minimum absolute atomic E-state index is 0.0753. The lowest BCUT2D eigenvalue weighted by Gasteiger charge is -2.26. The molecule has 0 fully saturated rings. The molecule has 3 rings (SSSR count). The van der Waals surface area contributed by atoms with Gasteiger partial charge in [-0.1, -0.05) is 12.1 Å². The topological polar surface area (TPSA) is 49.4 Å². The maximum atomic E-state index is 13.2. The maximum Gasteiger partial charge on any atom is 0.228 e. The van der Waals surface area contributed by atoms with Crippen LogP contribution in [0.1, 0.15) is 17.5 Å². The van der Waals surface area contributed by atoms with E-state index in [1.807, 2.05) is 12.1 Å². The Morgan fingerprint density at radius 1 is 1.12 bits per heavy atom. The van der Waals surface area contributed by atoms with Crippen molar-refractivity contribution >= 4 is 23.2 Å². The minimum Gasteiger partial charge on any atom is -0.326 e. The molecule has 0 atom stereocenters. The van der Waals surface area contributed by atoms with Gasteiger partial charge in [-0.3, -0.25) is 9.59 Å². The van der Waals surface area contributed by atoms with Crippen molar-refractivity contribution < 1.29 is 18.4 Å². The monoisotopic (exact) mass is 330 g/mol. The van der Waals surface area contributed by atoms with Crippen LogP contribution in [0, 0.1) is 11.6 Å². The summed E-state index contributed by atoms with van der Waals surface area (Å²) in [4.78, 5) is 25.4. The van der Waals surface area contributed by atoms with E-state index >= 15 is 0 Å². The molecule has 1 aliphatic heterocycles. The van der Waals surface area contributed by atoms with Crippen molar-refractivity contribution in [3.8, 4) is 0 Å². The molecule has 0 aromatic heterocycles. The number of benzene rings is 2. The molecule has 6 heteroatoms. The van der Waals surface area contributed by atoms with E-state index in [2.05, 4.69) is 5.32 Å². The Kier molecular flexibility index (Phi) is 4.29. The van der Waals surface area contributed by atoms with E-state index in [0.717, 1.165) is 28.9 Å². The number of anilines is 2. The van der Waals surface area contributed by atoms with E-state index < -0.39 is 11.6 Å². The predicted octanol–water partition coefficient (Wildman–Crippen LogP) is 3.06. The number of nitrogens with one attached hydrogen (secondary N) is 1. The molecule has 2 amide bonds. The standard InChI is InChI=1S/C18H16F2N2O2/c1-22-16-6-2-11(8-12(16)3-7-18(22)24)9-17(23)21-13-4-5-14(19)15(20)10-13/h2,4-6,8,10H,3,7,9H2,1H3,(H,21,23). The molecule has 1 heterocycles. The first-order chi connectivity index (χ1) is 11.4. The quantitative estimate of drug-likeness (QED) is 0.940. The zero-order valence-electron chi connectivity index (χ0n) is 13.1. The number of halogens is 2. The highest BCUT2D eigenvalue weighted by atomic mass is 19.2. The van der Waals surface area contributed by atoms with Crippen molar-refractivity contribution in [1.29, 1.82) is 0 Å². The molecule has 2 aromatic carbocycles. The summed E-state index contributed by atoms with van der Waals surface area (Å²) >= 11 is 0. The lowest BCUT2D eigenvalue weighted by atomic mass is 9.98. The third-order valence-electron chi connectivity index (χ3n) is 4.06. The molecule has 0 aliphatic carbocycles. The molecule has 124 valence electrons. The Bertz CT molecular complexity index is 821. The van der Waals surface area contributed by atoms with Crippen LogP contribution in [-0.2, 0) is 22.4 Å². The molecule has 2 aromatic rings. The summed E-state index contributed by atoms with van der Waals surface area (Å²) < 4.78 is 26.0. The first-order valence-electron chi connectivity index (χ1n) is 7.57. The molecule has 0 unspecified atom stereocenters. The fourth-order valence-corrected chi connectivity index (χ4v) is 2.78. The molecule has 0 spiro atoms. The molecule has 0 saturated carbocycles. The van der Waals surface area contributed by atoms with E-state index in [1.54, 1.807) is 18.0 Å². The Morgan fingerprint density at radius 3 is 2.67 bits per heavy atom. The Hall–Kier alpha value is -2.76. The van der Waals surface area contributed by atoms with Crippen LogP contribution >= 0.6 is 0 Å². The summed E-state index contributed by atoms with van der Waals surface area (Å²) in [5, 5.41) is 2.54. The highest BCUT2D eigenvalue weighted by Crippen LogP contribution is 2.27. The van der Waals surface area contributed by atoms with Gasteiger partial charge in [-0.15, -0.1) is 0 Å². The summed E-state index contributed by atoms with van der Waals surface area (Å²) in [6, 6.07) is 8.75. The summed E-state index contributed by atoms with van der Waals surface area (Å²) in [5.74, 6) is -2.21. The maximum absolute atomic E-state index is 13.2. The van der Waals surface area contributed by atoms with Gasteiger partial charge in [-0.2, -0.15) is 0 Å². The highest BCUT2D eigenvalue weighted by Gasteiger charge is 2.21. The number of carbonyl (C=O) groups is 2.